The van der Waals surface area contributed by atoms with Crippen molar-refractivity contribution in [3.8, 4) is 5.88 Å². The van der Waals surface area contributed by atoms with E-state index in [9.17, 15) is 9.90 Å². The second-order valence-corrected chi connectivity index (χ2v) is 7.04. The molecule has 4 rings (SSSR count). The second-order valence-electron chi connectivity index (χ2n) is 6.61. The molecule has 4 aromatic rings. The Kier molecular flexibility index (Phi) is 5.06. The predicted molar refractivity (Wildman–Crippen MR) is 114 cm³/mol. The summed E-state index contributed by atoms with van der Waals surface area (Å²) in [7, 11) is 0. The number of hydrogen-bond acceptors (Lipinski definition) is 3. The molecule has 0 aliphatic rings. The Labute approximate surface area is 171 Å². The molecule has 6 heteroatoms. The first-order valence-electron chi connectivity index (χ1n) is 8.96. The van der Waals surface area contributed by atoms with Crippen LogP contribution in [0, 0.1) is 0 Å². The summed E-state index contributed by atoms with van der Waals surface area (Å²) in [4.78, 5) is 18.8. The van der Waals surface area contributed by atoms with Crippen molar-refractivity contribution in [3.63, 3.8) is 0 Å². The lowest BCUT2D eigenvalue weighted by atomic mass is 10.0. The molecule has 5 nitrogen and oxygen atoms in total. The van der Waals surface area contributed by atoms with E-state index in [1.54, 1.807) is 36.4 Å². The number of hydrogen-bond donors (Lipinski definition) is 3. The molecule has 0 radical (unpaired) electrons. The molecule has 144 valence electrons. The van der Waals surface area contributed by atoms with Crippen LogP contribution in [-0.4, -0.2) is 26.9 Å². The summed E-state index contributed by atoms with van der Waals surface area (Å²) in [6.07, 6.45) is -0.0825. The minimum absolute atomic E-state index is 0.00781. The van der Waals surface area contributed by atoms with Crippen molar-refractivity contribution in [2.75, 3.05) is 0 Å². The van der Waals surface area contributed by atoms with Crippen LogP contribution in [0.15, 0.2) is 77.8 Å². The van der Waals surface area contributed by atoms with Crippen LogP contribution >= 0.6 is 11.6 Å². The number of nitrogens with one attached hydrogen (secondary N) is 1. The largest absolute Gasteiger partial charge is 0.494 e. The lowest BCUT2D eigenvalue weighted by molar-refractivity contribution is -0.136. The van der Waals surface area contributed by atoms with Gasteiger partial charge in [0.1, 0.15) is 0 Å². The maximum absolute atomic E-state index is 11.0. The fourth-order valence-electron chi connectivity index (χ4n) is 3.30. The van der Waals surface area contributed by atoms with Crippen molar-refractivity contribution in [2.45, 2.75) is 6.42 Å². The van der Waals surface area contributed by atoms with Gasteiger partial charge in [0.2, 0.25) is 0 Å². The zero-order chi connectivity index (χ0) is 20.4. The zero-order valence-corrected chi connectivity index (χ0v) is 16.0. The molecule has 0 unspecified atom stereocenters. The third kappa shape index (κ3) is 4.00. The maximum atomic E-state index is 11.0. The number of fused-ring (bicyclic) bond motifs is 1. The molecule has 0 amide bonds. The Balaban J connectivity index is 1.92. The van der Waals surface area contributed by atoms with Crippen molar-refractivity contribution >= 4 is 39.9 Å². The van der Waals surface area contributed by atoms with E-state index in [1.165, 1.54) is 0 Å². The number of aliphatic imine (C=N–C) groups is 1. The second kappa shape index (κ2) is 7.81. The van der Waals surface area contributed by atoms with Crippen LogP contribution in [0.25, 0.3) is 10.9 Å². The van der Waals surface area contributed by atoms with Gasteiger partial charge in [-0.25, -0.2) is 4.99 Å². The summed E-state index contributed by atoms with van der Waals surface area (Å²) in [5.74, 6) is -0.910. The summed E-state index contributed by atoms with van der Waals surface area (Å²) in [5, 5.41) is 21.1. The molecule has 3 N–H and O–H groups in total. The van der Waals surface area contributed by atoms with Gasteiger partial charge in [-0.05, 0) is 29.8 Å². The van der Waals surface area contributed by atoms with Gasteiger partial charge in [-0.1, -0.05) is 60.1 Å². The van der Waals surface area contributed by atoms with Crippen LogP contribution in [-0.2, 0) is 11.2 Å². The van der Waals surface area contributed by atoms with Gasteiger partial charge < -0.3 is 15.2 Å². The average molecular weight is 405 g/mol. The number of halogens is 1. The highest BCUT2D eigenvalue weighted by atomic mass is 35.5. The highest BCUT2D eigenvalue weighted by Crippen LogP contribution is 2.33. The number of carboxylic acids is 1. The molecule has 0 fully saturated rings. The molecule has 0 spiro atoms. The van der Waals surface area contributed by atoms with Crippen molar-refractivity contribution < 1.29 is 15.0 Å². The Morgan fingerprint density at radius 3 is 2.55 bits per heavy atom. The zero-order valence-electron chi connectivity index (χ0n) is 15.3. The monoisotopic (exact) mass is 404 g/mol. The number of aliphatic carboxylic acids is 1. The molecular formula is C23H17ClN2O3. The molecular weight excluding hydrogens is 388 g/mol. The summed E-state index contributed by atoms with van der Waals surface area (Å²) in [6.45, 7) is 0. The number of aromatic amines is 1. The smallest absolute Gasteiger partial charge is 0.307 e. The van der Waals surface area contributed by atoms with Crippen LogP contribution in [0.3, 0.4) is 0 Å². The van der Waals surface area contributed by atoms with Crippen LogP contribution < -0.4 is 0 Å². The molecule has 3 aromatic carbocycles. The number of nitrogens with zero attached hydrogens (tertiary/aromatic N) is 1. The molecule has 29 heavy (non-hydrogen) atoms. The number of aromatic nitrogens is 1. The van der Waals surface area contributed by atoms with Crippen molar-refractivity contribution in [2.24, 2.45) is 4.99 Å². The van der Waals surface area contributed by atoms with Gasteiger partial charge in [0.25, 0.3) is 0 Å². The van der Waals surface area contributed by atoms with Crippen molar-refractivity contribution in [1.29, 1.82) is 0 Å². The molecule has 0 saturated heterocycles. The van der Waals surface area contributed by atoms with Gasteiger partial charge in [0, 0.05) is 16.0 Å². The quantitative estimate of drug-likeness (QED) is 0.393. The van der Waals surface area contributed by atoms with Crippen LogP contribution in [0.5, 0.6) is 5.88 Å². The fourth-order valence-corrected chi connectivity index (χ4v) is 3.47. The number of benzene rings is 3. The summed E-state index contributed by atoms with van der Waals surface area (Å²) < 4.78 is 0. The lowest BCUT2D eigenvalue weighted by Crippen LogP contribution is -2.03. The van der Waals surface area contributed by atoms with Gasteiger partial charge in [-0.3, -0.25) is 4.79 Å². The van der Waals surface area contributed by atoms with Gasteiger partial charge >= 0.3 is 5.97 Å². The first-order valence-corrected chi connectivity index (χ1v) is 9.34. The van der Waals surface area contributed by atoms with Gasteiger partial charge in [0.15, 0.2) is 5.88 Å². The van der Waals surface area contributed by atoms with Gasteiger partial charge in [-0.2, -0.15) is 0 Å². The molecule has 1 heterocycles. The Bertz CT molecular complexity index is 1230. The maximum Gasteiger partial charge on any atom is 0.307 e. The molecule has 1 aromatic heterocycles. The SMILES string of the molecule is O=C(O)Cc1cccc(N=C(c2ccccc2)c2c(O)[nH]c3cc(Cl)ccc23)c1. The number of carbonyl (C=O) groups is 1. The van der Waals surface area contributed by atoms with E-state index >= 15 is 0 Å². The summed E-state index contributed by atoms with van der Waals surface area (Å²) in [6, 6.07) is 21.9. The number of carboxylic acid groups (broad SMARTS) is 1. The molecule has 0 saturated carbocycles. The third-order valence-corrected chi connectivity index (χ3v) is 4.77. The minimum atomic E-state index is -0.902. The topological polar surface area (TPSA) is 85.7 Å². The van der Waals surface area contributed by atoms with E-state index < -0.39 is 5.97 Å². The normalized spacial score (nSPS) is 11.7. The van der Waals surface area contributed by atoms with E-state index in [0.717, 1.165) is 10.9 Å². The molecule has 0 aliphatic heterocycles. The Morgan fingerprint density at radius 1 is 1.00 bits per heavy atom. The van der Waals surface area contributed by atoms with E-state index in [4.69, 9.17) is 21.7 Å². The molecule has 0 atom stereocenters. The highest BCUT2D eigenvalue weighted by Gasteiger charge is 2.18. The van der Waals surface area contributed by atoms with E-state index in [1.807, 2.05) is 36.4 Å². The van der Waals surface area contributed by atoms with Gasteiger partial charge in [0.05, 0.1) is 28.9 Å². The van der Waals surface area contributed by atoms with E-state index in [0.29, 0.717) is 33.1 Å². The third-order valence-electron chi connectivity index (χ3n) is 4.53. The van der Waals surface area contributed by atoms with Crippen molar-refractivity contribution in [3.05, 3.63) is 94.5 Å². The van der Waals surface area contributed by atoms with Crippen LogP contribution in [0.1, 0.15) is 16.7 Å². The first kappa shape index (κ1) is 18.8. The highest BCUT2D eigenvalue weighted by molar-refractivity contribution is 6.31. The predicted octanol–water partition coefficient (Wildman–Crippen LogP) is 5.32. The average Bonchev–Trinajstić information content (AvgIpc) is 3.01. The standard InChI is InChI=1S/C23H17ClN2O3/c24-16-9-10-18-19(13-16)26-23(29)21(18)22(15-6-2-1-3-7-15)25-17-8-4-5-14(11-17)12-20(27)28/h1-11,13,26,29H,12H2,(H,27,28). The lowest BCUT2D eigenvalue weighted by Gasteiger charge is -2.08. The van der Waals surface area contributed by atoms with Crippen LogP contribution in [0.2, 0.25) is 5.02 Å². The van der Waals surface area contributed by atoms with Crippen molar-refractivity contribution in [1.82, 2.24) is 4.98 Å². The van der Waals surface area contributed by atoms with Crippen LogP contribution in [0.4, 0.5) is 5.69 Å². The van der Waals surface area contributed by atoms with E-state index in [-0.39, 0.29) is 12.3 Å². The fraction of sp³-hybridized carbons (Fsp3) is 0.0435. The molecule has 0 bridgehead atoms. The Hall–Kier alpha value is -3.57. The van der Waals surface area contributed by atoms with Gasteiger partial charge in [-0.15, -0.1) is 0 Å². The number of rotatable bonds is 5. The number of H-pyrrole nitrogens is 1. The molecule has 0 aliphatic carbocycles. The first-order chi connectivity index (χ1) is 14.0. The number of aromatic hydroxyl groups is 1. The minimum Gasteiger partial charge on any atom is -0.494 e. The van der Waals surface area contributed by atoms with E-state index in [2.05, 4.69) is 4.98 Å². The Morgan fingerprint density at radius 2 is 1.79 bits per heavy atom. The summed E-state index contributed by atoms with van der Waals surface area (Å²) in [5.41, 5.74) is 3.91. The summed E-state index contributed by atoms with van der Waals surface area (Å²) >= 11 is 6.09.